The van der Waals surface area contributed by atoms with Crippen molar-refractivity contribution in [3.05, 3.63) is 109 Å². The molecule has 0 aromatic heterocycles. The van der Waals surface area contributed by atoms with Crippen molar-refractivity contribution in [2.75, 3.05) is 13.2 Å². The van der Waals surface area contributed by atoms with Crippen molar-refractivity contribution in [2.45, 2.75) is 245 Å². The molecule has 6 heteroatoms. The van der Waals surface area contributed by atoms with Crippen molar-refractivity contribution in [1.29, 1.82) is 0 Å². The first-order valence-corrected chi connectivity index (χ1v) is 27.5. The monoisotopic (exact) mass is 929 g/mol. The molecule has 0 aliphatic rings. The Morgan fingerprint density at radius 1 is 0.313 bits per heavy atom. The number of allylic oxidation sites excluding steroid dienone is 18. The van der Waals surface area contributed by atoms with Gasteiger partial charge in [0.1, 0.15) is 13.2 Å². The lowest BCUT2D eigenvalue weighted by Gasteiger charge is -2.18. The first-order chi connectivity index (χ1) is 33.0. The van der Waals surface area contributed by atoms with E-state index in [2.05, 4.69) is 124 Å². The fourth-order valence-electron chi connectivity index (χ4n) is 7.21. The maximum atomic E-state index is 12.8. The smallest absolute Gasteiger partial charge is 0.306 e. The molecular weight excluding hydrogens is 829 g/mol. The van der Waals surface area contributed by atoms with Crippen LogP contribution in [0.2, 0.25) is 0 Å². The topological polar surface area (TPSA) is 78.9 Å². The van der Waals surface area contributed by atoms with Crippen molar-refractivity contribution in [2.24, 2.45) is 0 Å². The molecule has 0 fully saturated rings. The number of hydrogen-bond acceptors (Lipinski definition) is 6. The molecule has 0 radical (unpaired) electrons. The van der Waals surface area contributed by atoms with Gasteiger partial charge >= 0.3 is 17.9 Å². The zero-order chi connectivity index (χ0) is 48.6. The van der Waals surface area contributed by atoms with Gasteiger partial charge in [0.05, 0.1) is 0 Å². The van der Waals surface area contributed by atoms with Gasteiger partial charge in [0.25, 0.3) is 0 Å². The molecule has 0 saturated heterocycles. The quantitative estimate of drug-likeness (QED) is 0.0199. The van der Waals surface area contributed by atoms with Crippen LogP contribution in [0.3, 0.4) is 0 Å². The number of esters is 3. The summed E-state index contributed by atoms with van der Waals surface area (Å²) in [4.78, 5) is 38.0. The van der Waals surface area contributed by atoms with Crippen LogP contribution in [0, 0.1) is 0 Å². The average Bonchev–Trinajstić information content (AvgIpc) is 3.33. The van der Waals surface area contributed by atoms with Gasteiger partial charge in [-0.2, -0.15) is 0 Å². The third-order valence-corrected chi connectivity index (χ3v) is 11.4. The molecule has 6 nitrogen and oxygen atoms in total. The van der Waals surface area contributed by atoms with E-state index in [0.717, 1.165) is 103 Å². The highest BCUT2D eigenvalue weighted by atomic mass is 16.6. The molecule has 1 unspecified atom stereocenters. The number of carbonyl (C=O) groups is 3. The number of carbonyl (C=O) groups excluding carboxylic acids is 3. The molecule has 0 aliphatic carbocycles. The maximum absolute atomic E-state index is 12.8. The van der Waals surface area contributed by atoms with Crippen LogP contribution in [-0.4, -0.2) is 37.2 Å². The van der Waals surface area contributed by atoms with Gasteiger partial charge in [-0.1, -0.05) is 239 Å². The summed E-state index contributed by atoms with van der Waals surface area (Å²) in [6.07, 6.45) is 73.6. The van der Waals surface area contributed by atoms with Crippen LogP contribution in [0.25, 0.3) is 0 Å². The molecule has 0 aliphatic heterocycles. The van der Waals surface area contributed by atoms with E-state index in [1.165, 1.54) is 89.9 Å². The summed E-state index contributed by atoms with van der Waals surface area (Å²) < 4.78 is 16.7. The Morgan fingerprint density at radius 2 is 0.627 bits per heavy atom. The van der Waals surface area contributed by atoms with Gasteiger partial charge in [-0.3, -0.25) is 14.4 Å². The largest absolute Gasteiger partial charge is 0.462 e. The molecule has 0 bridgehead atoms. The minimum atomic E-state index is -0.823. The summed E-state index contributed by atoms with van der Waals surface area (Å²) in [6.45, 7) is 6.48. The third kappa shape index (κ3) is 52.9. The predicted octanol–water partition coefficient (Wildman–Crippen LogP) is 18.3. The second kappa shape index (κ2) is 54.7. The van der Waals surface area contributed by atoms with Crippen LogP contribution in [0.1, 0.15) is 239 Å². The molecule has 1 atom stereocenters. The lowest BCUT2D eigenvalue weighted by atomic mass is 10.1. The second-order valence-electron chi connectivity index (χ2n) is 17.9. The molecular formula is C61H100O6. The van der Waals surface area contributed by atoms with Crippen molar-refractivity contribution in [3.63, 3.8) is 0 Å². The van der Waals surface area contributed by atoms with E-state index in [0.29, 0.717) is 12.8 Å². The maximum Gasteiger partial charge on any atom is 0.306 e. The van der Waals surface area contributed by atoms with Gasteiger partial charge in [0, 0.05) is 19.3 Å². The first kappa shape index (κ1) is 63.1. The molecule has 0 N–H and O–H groups in total. The highest BCUT2D eigenvalue weighted by molar-refractivity contribution is 5.71. The van der Waals surface area contributed by atoms with Gasteiger partial charge in [-0.15, -0.1) is 0 Å². The summed E-state index contributed by atoms with van der Waals surface area (Å²) in [5, 5.41) is 0. The fraction of sp³-hybridized carbons (Fsp3) is 0.656. The lowest BCUT2D eigenvalue weighted by molar-refractivity contribution is -0.166. The standard InChI is InChI=1S/C61H100O6/c1-4-7-10-13-16-19-22-25-27-29-31-33-36-39-42-45-48-51-54-60(63)66-57-58(56-65-59(62)53-50-47-44-41-38-35-24-21-18-15-12-9-6-3)67-61(64)55-52-49-46-43-40-37-34-32-30-28-26-23-20-17-14-11-8-5-2/h16,19,22-23,25-35,38,44,47,58H,4-15,17-18,20-21,24,36-37,39-43,45-46,48-57H2,1-3H3/b19-16+,25-22+,26-23+,29-27+,30-28+,33-31+,34-32+,38-35+,47-44+. The van der Waals surface area contributed by atoms with Crippen LogP contribution in [-0.2, 0) is 28.6 Å². The SMILES string of the molecule is CCCCC/C=C/C=C/C=C/C=C/CCCCCCCC(=O)OCC(COC(=O)CC/C=C/C/C=C/CCCCCCCC)OC(=O)CCCCCCC/C=C/C=C/C=C/CCCCCCC. The molecule has 0 rings (SSSR count). The van der Waals surface area contributed by atoms with Crippen LogP contribution < -0.4 is 0 Å². The molecule has 0 amide bonds. The van der Waals surface area contributed by atoms with Gasteiger partial charge in [0.15, 0.2) is 6.10 Å². The highest BCUT2D eigenvalue weighted by Gasteiger charge is 2.19. The zero-order valence-corrected chi connectivity index (χ0v) is 43.4. The van der Waals surface area contributed by atoms with Crippen molar-refractivity contribution in [3.8, 4) is 0 Å². The summed E-state index contributed by atoms with van der Waals surface area (Å²) in [7, 11) is 0. The van der Waals surface area contributed by atoms with E-state index in [1.54, 1.807) is 0 Å². The summed E-state index contributed by atoms with van der Waals surface area (Å²) in [5.41, 5.74) is 0. The Hall–Kier alpha value is -3.93. The van der Waals surface area contributed by atoms with Gasteiger partial charge < -0.3 is 14.2 Å². The molecule has 0 saturated carbocycles. The van der Waals surface area contributed by atoms with E-state index in [-0.39, 0.29) is 44.0 Å². The average molecular weight is 929 g/mol. The molecule has 0 heterocycles. The lowest BCUT2D eigenvalue weighted by Crippen LogP contribution is -2.30. The zero-order valence-electron chi connectivity index (χ0n) is 43.4. The number of hydrogen-bond donors (Lipinski definition) is 0. The molecule has 0 spiro atoms. The van der Waals surface area contributed by atoms with Crippen LogP contribution in [0.4, 0.5) is 0 Å². The van der Waals surface area contributed by atoms with E-state index in [4.69, 9.17) is 14.2 Å². The Bertz CT molecular complexity index is 1390. The Kier molecular flexibility index (Phi) is 51.5. The van der Waals surface area contributed by atoms with E-state index < -0.39 is 6.10 Å². The van der Waals surface area contributed by atoms with Crippen LogP contribution >= 0.6 is 0 Å². The molecule has 0 aromatic rings. The van der Waals surface area contributed by atoms with E-state index in [1.807, 2.05) is 6.08 Å². The second-order valence-corrected chi connectivity index (χ2v) is 17.9. The Balaban J connectivity index is 4.55. The summed E-state index contributed by atoms with van der Waals surface area (Å²) >= 11 is 0. The normalized spacial score (nSPS) is 12.9. The van der Waals surface area contributed by atoms with Crippen molar-refractivity contribution >= 4 is 17.9 Å². The number of rotatable bonds is 48. The molecule has 0 aromatic carbocycles. The molecule has 380 valence electrons. The van der Waals surface area contributed by atoms with Gasteiger partial charge in [-0.05, 0) is 89.9 Å². The van der Waals surface area contributed by atoms with E-state index in [9.17, 15) is 14.4 Å². The minimum absolute atomic E-state index is 0.118. The van der Waals surface area contributed by atoms with Crippen LogP contribution in [0.15, 0.2) is 109 Å². The Labute approximate surface area is 412 Å². The Morgan fingerprint density at radius 3 is 1.07 bits per heavy atom. The number of ether oxygens (including phenoxy) is 3. The number of unbranched alkanes of at least 4 members (excludes halogenated alkanes) is 24. The van der Waals surface area contributed by atoms with Crippen LogP contribution in [0.5, 0.6) is 0 Å². The summed E-state index contributed by atoms with van der Waals surface area (Å²) in [5.74, 6) is -1.03. The summed E-state index contributed by atoms with van der Waals surface area (Å²) in [6, 6.07) is 0. The van der Waals surface area contributed by atoms with Crippen molar-refractivity contribution < 1.29 is 28.6 Å². The molecule has 67 heavy (non-hydrogen) atoms. The minimum Gasteiger partial charge on any atom is -0.462 e. The third-order valence-electron chi connectivity index (χ3n) is 11.4. The van der Waals surface area contributed by atoms with Gasteiger partial charge in [-0.25, -0.2) is 0 Å². The fourth-order valence-corrected chi connectivity index (χ4v) is 7.21. The van der Waals surface area contributed by atoms with Crippen molar-refractivity contribution in [1.82, 2.24) is 0 Å². The first-order valence-electron chi connectivity index (χ1n) is 27.5. The van der Waals surface area contributed by atoms with E-state index >= 15 is 0 Å². The predicted molar refractivity (Wildman–Crippen MR) is 288 cm³/mol. The highest BCUT2D eigenvalue weighted by Crippen LogP contribution is 2.13. The van der Waals surface area contributed by atoms with Gasteiger partial charge in [0.2, 0.25) is 0 Å².